The summed E-state index contributed by atoms with van der Waals surface area (Å²) >= 11 is 5.09. The maximum Gasteiger partial charge on any atom is 0.124 e. The number of anilines is 1. The zero-order chi connectivity index (χ0) is 13.2. The van der Waals surface area contributed by atoms with Crippen LogP contribution in [-0.4, -0.2) is 4.98 Å². The number of hydrogen-bond donors (Lipinski definition) is 1. The standard InChI is InChI=1S/C15H11BrN2S/c16-12-5-1-11(2-6-12)15-18-14(9-19-15)10-3-7-13(17)8-4-10/h1-9H,17H2. The van der Waals surface area contributed by atoms with Crippen molar-refractivity contribution < 1.29 is 0 Å². The lowest BCUT2D eigenvalue weighted by Crippen LogP contribution is -1.84. The van der Waals surface area contributed by atoms with Crippen LogP contribution in [0.1, 0.15) is 0 Å². The molecule has 1 heterocycles. The van der Waals surface area contributed by atoms with E-state index in [2.05, 4.69) is 38.4 Å². The lowest BCUT2D eigenvalue weighted by atomic mass is 10.1. The minimum atomic E-state index is 0.770. The van der Waals surface area contributed by atoms with E-state index in [0.29, 0.717) is 0 Å². The molecule has 3 aromatic rings. The Morgan fingerprint density at radius 2 is 1.53 bits per heavy atom. The Hall–Kier alpha value is -1.65. The summed E-state index contributed by atoms with van der Waals surface area (Å²) in [5, 5.41) is 3.10. The molecule has 0 fully saturated rings. The van der Waals surface area contributed by atoms with E-state index in [1.807, 2.05) is 36.4 Å². The number of nitrogens with two attached hydrogens (primary N) is 1. The molecule has 2 aromatic carbocycles. The molecule has 1 aromatic heterocycles. The third-order valence-corrected chi connectivity index (χ3v) is 4.22. The van der Waals surface area contributed by atoms with E-state index in [1.165, 1.54) is 0 Å². The van der Waals surface area contributed by atoms with Crippen molar-refractivity contribution in [3.63, 3.8) is 0 Å². The fourth-order valence-corrected chi connectivity index (χ4v) is 2.88. The van der Waals surface area contributed by atoms with Gasteiger partial charge in [0.15, 0.2) is 0 Å². The predicted octanol–water partition coefficient (Wildman–Crippen LogP) is 4.82. The van der Waals surface area contributed by atoms with Gasteiger partial charge in [-0.25, -0.2) is 4.98 Å². The minimum absolute atomic E-state index is 0.770. The van der Waals surface area contributed by atoms with Crippen LogP contribution in [0.5, 0.6) is 0 Å². The maximum absolute atomic E-state index is 5.69. The molecule has 0 saturated carbocycles. The Morgan fingerprint density at radius 3 is 2.21 bits per heavy atom. The van der Waals surface area contributed by atoms with Crippen molar-refractivity contribution in [2.75, 3.05) is 5.73 Å². The summed E-state index contributed by atoms with van der Waals surface area (Å²) in [5.74, 6) is 0. The Morgan fingerprint density at radius 1 is 0.895 bits per heavy atom. The first-order valence-corrected chi connectivity index (χ1v) is 7.47. The van der Waals surface area contributed by atoms with Crippen molar-refractivity contribution in [3.8, 4) is 21.8 Å². The summed E-state index contributed by atoms with van der Waals surface area (Å²) in [5.41, 5.74) is 9.68. The average molecular weight is 331 g/mol. The fraction of sp³-hybridized carbons (Fsp3) is 0. The van der Waals surface area contributed by atoms with Crippen LogP contribution in [0.3, 0.4) is 0 Å². The zero-order valence-corrected chi connectivity index (χ0v) is 12.4. The number of nitrogen functional groups attached to an aromatic ring is 1. The summed E-state index contributed by atoms with van der Waals surface area (Å²) in [7, 11) is 0. The van der Waals surface area contributed by atoms with E-state index in [4.69, 9.17) is 5.73 Å². The van der Waals surface area contributed by atoms with Gasteiger partial charge in [-0.2, -0.15) is 0 Å². The highest BCUT2D eigenvalue weighted by Crippen LogP contribution is 2.29. The highest BCUT2D eigenvalue weighted by molar-refractivity contribution is 9.10. The second-order valence-corrected chi connectivity index (χ2v) is 5.94. The Balaban J connectivity index is 1.95. The van der Waals surface area contributed by atoms with Crippen molar-refractivity contribution in [1.29, 1.82) is 0 Å². The Kier molecular flexibility index (Phi) is 3.36. The normalized spacial score (nSPS) is 10.6. The van der Waals surface area contributed by atoms with Gasteiger partial charge in [0.1, 0.15) is 5.01 Å². The molecule has 94 valence electrons. The molecular formula is C15H11BrN2S. The van der Waals surface area contributed by atoms with Gasteiger partial charge < -0.3 is 5.73 Å². The van der Waals surface area contributed by atoms with Crippen molar-refractivity contribution in [1.82, 2.24) is 4.98 Å². The second kappa shape index (κ2) is 5.15. The van der Waals surface area contributed by atoms with Crippen molar-refractivity contribution in [2.45, 2.75) is 0 Å². The molecule has 0 unspecified atom stereocenters. The van der Waals surface area contributed by atoms with E-state index in [9.17, 15) is 0 Å². The smallest absolute Gasteiger partial charge is 0.124 e. The monoisotopic (exact) mass is 330 g/mol. The van der Waals surface area contributed by atoms with Crippen LogP contribution in [0.15, 0.2) is 58.4 Å². The number of hydrogen-bond acceptors (Lipinski definition) is 3. The van der Waals surface area contributed by atoms with Gasteiger partial charge in [-0.1, -0.05) is 40.2 Å². The van der Waals surface area contributed by atoms with Crippen LogP contribution < -0.4 is 5.73 Å². The largest absolute Gasteiger partial charge is 0.399 e. The molecule has 0 bridgehead atoms. The molecule has 0 atom stereocenters. The molecule has 4 heteroatoms. The van der Waals surface area contributed by atoms with Gasteiger partial charge in [-0.05, 0) is 24.3 Å². The zero-order valence-electron chi connectivity index (χ0n) is 10.0. The van der Waals surface area contributed by atoms with Gasteiger partial charge in [0.05, 0.1) is 5.69 Å². The number of halogens is 1. The molecule has 0 spiro atoms. The van der Waals surface area contributed by atoms with E-state index in [-0.39, 0.29) is 0 Å². The number of rotatable bonds is 2. The molecule has 0 amide bonds. The molecule has 2 nitrogen and oxygen atoms in total. The van der Waals surface area contributed by atoms with Crippen LogP contribution in [0.25, 0.3) is 21.8 Å². The molecule has 0 aliphatic carbocycles. The van der Waals surface area contributed by atoms with E-state index in [0.717, 1.165) is 32.0 Å². The third-order valence-electron chi connectivity index (χ3n) is 2.80. The van der Waals surface area contributed by atoms with Crippen molar-refractivity contribution >= 4 is 33.0 Å². The lowest BCUT2D eigenvalue weighted by Gasteiger charge is -1.98. The molecule has 0 aliphatic rings. The van der Waals surface area contributed by atoms with Gasteiger partial charge in [-0.3, -0.25) is 0 Å². The molecule has 0 saturated heterocycles. The molecular weight excluding hydrogens is 320 g/mol. The van der Waals surface area contributed by atoms with Crippen LogP contribution in [0.2, 0.25) is 0 Å². The van der Waals surface area contributed by atoms with Crippen LogP contribution >= 0.6 is 27.3 Å². The molecule has 0 radical (unpaired) electrons. The summed E-state index contributed by atoms with van der Waals surface area (Å²) in [6.45, 7) is 0. The Labute approximate surface area is 124 Å². The number of benzene rings is 2. The molecule has 0 aliphatic heterocycles. The number of thiazole rings is 1. The van der Waals surface area contributed by atoms with Gasteiger partial charge >= 0.3 is 0 Å². The van der Waals surface area contributed by atoms with E-state index in [1.54, 1.807) is 11.3 Å². The first kappa shape index (κ1) is 12.4. The molecule has 3 rings (SSSR count). The first-order chi connectivity index (χ1) is 9.22. The summed E-state index contributed by atoms with van der Waals surface area (Å²) in [4.78, 5) is 4.67. The van der Waals surface area contributed by atoms with E-state index < -0.39 is 0 Å². The number of nitrogens with zero attached hydrogens (tertiary/aromatic N) is 1. The number of aromatic nitrogens is 1. The van der Waals surface area contributed by atoms with E-state index >= 15 is 0 Å². The second-order valence-electron chi connectivity index (χ2n) is 4.17. The van der Waals surface area contributed by atoms with Crippen LogP contribution in [0.4, 0.5) is 5.69 Å². The molecule has 19 heavy (non-hydrogen) atoms. The summed E-state index contributed by atoms with van der Waals surface area (Å²) in [6, 6.07) is 16.0. The van der Waals surface area contributed by atoms with Gasteiger partial charge in [0, 0.05) is 26.7 Å². The minimum Gasteiger partial charge on any atom is -0.399 e. The highest BCUT2D eigenvalue weighted by atomic mass is 79.9. The summed E-state index contributed by atoms with van der Waals surface area (Å²) < 4.78 is 1.08. The van der Waals surface area contributed by atoms with Gasteiger partial charge in [-0.15, -0.1) is 11.3 Å². The lowest BCUT2D eigenvalue weighted by molar-refractivity contribution is 1.40. The fourth-order valence-electron chi connectivity index (χ4n) is 1.79. The topological polar surface area (TPSA) is 38.9 Å². The van der Waals surface area contributed by atoms with Crippen LogP contribution in [0, 0.1) is 0 Å². The Bertz CT molecular complexity index is 627. The van der Waals surface area contributed by atoms with Gasteiger partial charge in [0.2, 0.25) is 0 Å². The average Bonchev–Trinajstić information content (AvgIpc) is 2.90. The quantitative estimate of drug-likeness (QED) is 0.684. The van der Waals surface area contributed by atoms with Gasteiger partial charge in [0.25, 0.3) is 0 Å². The highest BCUT2D eigenvalue weighted by Gasteiger charge is 2.06. The third kappa shape index (κ3) is 2.69. The SMILES string of the molecule is Nc1ccc(-c2csc(-c3ccc(Br)cc3)n2)cc1. The molecule has 2 N–H and O–H groups in total. The van der Waals surface area contributed by atoms with Crippen molar-refractivity contribution in [2.24, 2.45) is 0 Å². The maximum atomic E-state index is 5.69. The van der Waals surface area contributed by atoms with Crippen LogP contribution in [-0.2, 0) is 0 Å². The predicted molar refractivity (Wildman–Crippen MR) is 85.1 cm³/mol. The van der Waals surface area contributed by atoms with Crippen molar-refractivity contribution in [3.05, 3.63) is 58.4 Å². The summed E-state index contributed by atoms with van der Waals surface area (Å²) in [6.07, 6.45) is 0. The first-order valence-electron chi connectivity index (χ1n) is 5.80.